The maximum absolute atomic E-state index is 12.2. The van der Waals surface area contributed by atoms with Gasteiger partial charge in [-0.25, -0.2) is 0 Å². The van der Waals surface area contributed by atoms with Gasteiger partial charge in [0.25, 0.3) is 0 Å². The first-order chi connectivity index (χ1) is 9.08. The number of hydrogen-bond acceptors (Lipinski definition) is 3. The average molecular weight is 268 g/mol. The van der Waals surface area contributed by atoms with Crippen molar-refractivity contribution in [3.63, 3.8) is 0 Å². The summed E-state index contributed by atoms with van der Waals surface area (Å²) in [6.07, 6.45) is 3.39. The van der Waals surface area contributed by atoms with Crippen LogP contribution in [0.5, 0.6) is 0 Å². The smallest absolute Gasteiger partial charge is 0.245 e. The highest BCUT2D eigenvalue weighted by Gasteiger charge is 2.33. The minimum Gasteiger partial charge on any atom is -0.381 e. The standard InChI is InChI=1S/C14H24N2O3/c1-10(2)13-14(18)16(8-12(17)15-13)6-3-7-19-9-11-4-5-11/h10-11,13H,3-9H2,1-2H3,(H,15,17). The van der Waals surface area contributed by atoms with Crippen LogP contribution in [0.15, 0.2) is 0 Å². The Bertz CT molecular complexity index is 340. The van der Waals surface area contributed by atoms with E-state index < -0.39 is 0 Å². The van der Waals surface area contributed by atoms with E-state index in [1.54, 1.807) is 4.90 Å². The summed E-state index contributed by atoms with van der Waals surface area (Å²) < 4.78 is 5.55. The molecule has 0 aromatic carbocycles. The number of hydrogen-bond donors (Lipinski definition) is 1. The van der Waals surface area contributed by atoms with Crippen LogP contribution in [0.25, 0.3) is 0 Å². The molecule has 1 saturated carbocycles. The zero-order chi connectivity index (χ0) is 13.8. The van der Waals surface area contributed by atoms with Crippen molar-refractivity contribution in [2.45, 2.75) is 39.2 Å². The molecule has 0 spiro atoms. The van der Waals surface area contributed by atoms with Gasteiger partial charge in [0.2, 0.25) is 11.8 Å². The van der Waals surface area contributed by atoms with Crippen molar-refractivity contribution in [1.82, 2.24) is 10.2 Å². The molecule has 1 aliphatic carbocycles. The fourth-order valence-electron chi connectivity index (χ4n) is 2.26. The topological polar surface area (TPSA) is 58.6 Å². The lowest BCUT2D eigenvalue weighted by Gasteiger charge is -2.34. The average Bonchev–Trinajstić information content (AvgIpc) is 3.16. The molecule has 2 amide bonds. The normalized spacial score (nSPS) is 23.9. The van der Waals surface area contributed by atoms with E-state index >= 15 is 0 Å². The molecule has 0 aromatic heterocycles. The second-order valence-corrected chi connectivity index (χ2v) is 5.92. The van der Waals surface area contributed by atoms with Gasteiger partial charge >= 0.3 is 0 Å². The second kappa shape index (κ2) is 6.37. The van der Waals surface area contributed by atoms with Crippen LogP contribution in [0.4, 0.5) is 0 Å². The Balaban J connectivity index is 1.70. The van der Waals surface area contributed by atoms with Gasteiger partial charge in [-0.05, 0) is 31.1 Å². The Kier molecular flexibility index (Phi) is 4.80. The van der Waals surface area contributed by atoms with Gasteiger partial charge in [-0.3, -0.25) is 9.59 Å². The summed E-state index contributed by atoms with van der Waals surface area (Å²) in [4.78, 5) is 25.4. The molecule has 2 rings (SSSR count). The van der Waals surface area contributed by atoms with Gasteiger partial charge in [0.15, 0.2) is 0 Å². The molecule has 0 bridgehead atoms. The van der Waals surface area contributed by atoms with Crippen LogP contribution in [-0.4, -0.2) is 49.1 Å². The van der Waals surface area contributed by atoms with Crippen LogP contribution in [0.2, 0.25) is 0 Å². The molecule has 0 radical (unpaired) electrons. The predicted octanol–water partition coefficient (Wildman–Crippen LogP) is 0.786. The number of carbonyl (C=O) groups is 2. The van der Waals surface area contributed by atoms with E-state index in [9.17, 15) is 9.59 Å². The number of piperazine rings is 1. The largest absolute Gasteiger partial charge is 0.381 e. The number of nitrogens with one attached hydrogen (secondary N) is 1. The van der Waals surface area contributed by atoms with Crippen molar-refractivity contribution in [3.05, 3.63) is 0 Å². The van der Waals surface area contributed by atoms with Crippen LogP contribution in [-0.2, 0) is 14.3 Å². The van der Waals surface area contributed by atoms with Gasteiger partial charge in [0.05, 0.1) is 6.54 Å². The molecular weight excluding hydrogens is 244 g/mol. The first-order valence-electron chi connectivity index (χ1n) is 7.24. The third kappa shape index (κ3) is 4.20. The molecule has 108 valence electrons. The number of nitrogens with zero attached hydrogens (tertiary/aromatic N) is 1. The van der Waals surface area contributed by atoms with Crippen LogP contribution < -0.4 is 5.32 Å². The van der Waals surface area contributed by atoms with Crippen molar-refractivity contribution in [2.75, 3.05) is 26.3 Å². The molecule has 1 aliphatic heterocycles. The van der Waals surface area contributed by atoms with Crippen molar-refractivity contribution >= 4 is 11.8 Å². The minimum absolute atomic E-state index is 0.0387. The zero-order valence-electron chi connectivity index (χ0n) is 11.9. The molecule has 1 N–H and O–H groups in total. The first-order valence-corrected chi connectivity index (χ1v) is 7.24. The minimum atomic E-state index is -0.367. The lowest BCUT2D eigenvalue weighted by molar-refractivity contribution is -0.145. The van der Waals surface area contributed by atoms with Crippen molar-refractivity contribution in [3.8, 4) is 0 Å². The van der Waals surface area contributed by atoms with E-state index in [-0.39, 0.29) is 30.3 Å². The van der Waals surface area contributed by atoms with Gasteiger partial charge < -0.3 is 15.0 Å². The number of carbonyl (C=O) groups excluding carboxylic acids is 2. The molecule has 1 saturated heterocycles. The Hall–Kier alpha value is -1.10. The molecule has 19 heavy (non-hydrogen) atoms. The fraction of sp³-hybridized carbons (Fsp3) is 0.857. The second-order valence-electron chi connectivity index (χ2n) is 5.92. The van der Waals surface area contributed by atoms with Gasteiger partial charge in [-0.15, -0.1) is 0 Å². The number of ether oxygens (including phenoxy) is 1. The van der Waals surface area contributed by atoms with Crippen molar-refractivity contribution in [1.29, 1.82) is 0 Å². The molecular formula is C14H24N2O3. The number of amides is 2. The molecule has 5 nitrogen and oxygen atoms in total. The maximum atomic E-state index is 12.2. The highest BCUT2D eigenvalue weighted by Crippen LogP contribution is 2.28. The molecule has 1 heterocycles. The van der Waals surface area contributed by atoms with Gasteiger partial charge in [0, 0.05) is 19.8 Å². The Labute approximate surface area is 114 Å². The summed E-state index contributed by atoms with van der Waals surface area (Å²) in [6.45, 7) is 6.22. The lowest BCUT2D eigenvalue weighted by atomic mass is 10.0. The third-order valence-corrected chi connectivity index (χ3v) is 3.66. The molecule has 5 heteroatoms. The summed E-state index contributed by atoms with van der Waals surface area (Å²) in [5.41, 5.74) is 0. The summed E-state index contributed by atoms with van der Waals surface area (Å²) in [5, 5.41) is 2.76. The Morgan fingerprint density at radius 2 is 2.11 bits per heavy atom. The van der Waals surface area contributed by atoms with E-state index in [0.29, 0.717) is 13.2 Å². The van der Waals surface area contributed by atoms with E-state index in [0.717, 1.165) is 18.9 Å². The number of rotatable bonds is 7. The molecule has 2 aliphatic rings. The zero-order valence-corrected chi connectivity index (χ0v) is 11.9. The lowest BCUT2D eigenvalue weighted by Crippen LogP contribution is -2.59. The highest BCUT2D eigenvalue weighted by molar-refractivity contribution is 5.94. The summed E-state index contributed by atoms with van der Waals surface area (Å²) in [6, 6.07) is -0.367. The van der Waals surface area contributed by atoms with Crippen LogP contribution in [0.3, 0.4) is 0 Å². The summed E-state index contributed by atoms with van der Waals surface area (Å²) >= 11 is 0. The Morgan fingerprint density at radius 3 is 2.74 bits per heavy atom. The van der Waals surface area contributed by atoms with Crippen LogP contribution in [0, 0.1) is 11.8 Å². The summed E-state index contributed by atoms with van der Waals surface area (Å²) in [5.74, 6) is 0.882. The van der Waals surface area contributed by atoms with Crippen LogP contribution in [0.1, 0.15) is 33.1 Å². The van der Waals surface area contributed by atoms with Gasteiger partial charge in [0.1, 0.15) is 6.04 Å². The van der Waals surface area contributed by atoms with Crippen molar-refractivity contribution in [2.24, 2.45) is 11.8 Å². The van der Waals surface area contributed by atoms with Gasteiger partial charge in [-0.2, -0.15) is 0 Å². The SMILES string of the molecule is CC(C)C1NC(=O)CN(CCCOCC2CC2)C1=O. The molecule has 1 unspecified atom stereocenters. The maximum Gasteiger partial charge on any atom is 0.245 e. The third-order valence-electron chi connectivity index (χ3n) is 3.66. The predicted molar refractivity (Wildman–Crippen MR) is 71.5 cm³/mol. The van der Waals surface area contributed by atoms with Crippen LogP contribution >= 0.6 is 0 Å². The molecule has 0 aromatic rings. The fourth-order valence-corrected chi connectivity index (χ4v) is 2.26. The quantitative estimate of drug-likeness (QED) is 0.694. The van der Waals surface area contributed by atoms with E-state index in [1.165, 1.54) is 12.8 Å². The first kappa shape index (κ1) is 14.3. The van der Waals surface area contributed by atoms with E-state index in [2.05, 4.69) is 5.32 Å². The summed E-state index contributed by atoms with van der Waals surface area (Å²) in [7, 11) is 0. The van der Waals surface area contributed by atoms with E-state index in [1.807, 2.05) is 13.8 Å². The van der Waals surface area contributed by atoms with Gasteiger partial charge in [-0.1, -0.05) is 13.8 Å². The Morgan fingerprint density at radius 1 is 1.37 bits per heavy atom. The highest BCUT2D eigenvalue weighted by atomic mass is 16.5. The molecule has 1 atom stereocenters. The molecule has 2 fully saturated rings. The monoisotopic (exact) mass is 268 g/mol. The van der Waals surface area contributed by atoms with Crippen molar-refractivity contribution < 1.29 is 14.3 Å². The van der Waals surface area contributed by atoms with E-state index in [4.69, 9.17) is 4.74 Å².